The van der Waals surface area contributed by atoms with Crippen LogP contribution < -0.4 is 4.74 Å². The summed E-state index contributed by atoms with van der Waals surface area (Å²) in [4.78, 5) is 13.9. The van der Waals surface area contributed by atoms with Crippen LogP contribution in [0.15, 0.2) is 48.5 Å². The van der Waals surface area contributed by atoms with Gasteiger partial charge in [0.15, 0.2) is 0 Å². The first kappa shape index (κ1) is 17.3. The molecule has 2 aromatic rings. The zero-order valence-electron chi connectivity index (χ0n) is 14.1. The van der Waals surface area contributed by atoms with E-state index in [1.807, 2.05) is 37.3 Å². The van der Waals surface area contributed by atoms with Crippen molar-refractivity contribution in [1.29, 1.82) is 5.26 Å². The van der Waals surface area contributed by atoms with Gasteiger partial charge in [0, 0.05) is 25.2 Å². The summed E-state index contributed by atoms with van der Waals surface area (Å²) in [6.45, 7) is 2.48. The Bertz CT molecular complexity index is 786. The number of methoxy groups -OCH3 is 1. The maximum absolute atomic E-state index is 12.3. The highest BCUT2D eigenvalue weighted by molar-refractivity contribution is 5.92. The molecule has 0 bridgehead atoms. The van der Waals surface area contributed by atoms with Crippen LogP contribution in [-0.2, 0) is 11.3 Å². The van der Waals surface area contributed by atoms with Gasteiger partial charge in [0.2, 0.25) is 5.91 Å². The number of nitriles is 1. The number of aryl methyl sites for hydroxylation is 1. The SMILES string of the molecule is COc1ccc(C)cc1/C=C/C(=O)N(C)Cc1ccc(C#N)cc1. The molecule has 2 aromatic carbocycles. The fourth-order valence-corrected chi connectivity index (χ4v) is 2.31. The Labute approximate surface area is 142 Å². The maximum Gasteiger partial charge on any atom is 0.246 e. The molecule has 122 valence electrons. The van der Waals surface area contributed by atoms with Crippen LogP contribution in [0.2, 0.25) is 0 Å². The molecular weight excluding hydrogens is 300 g/mol. The molecule has 0 unspecified atom stereocenters. The largest absolute Gasteiger partial charge is 0.496 e. The molecule has 0 fully saturated rings. The van der Waals surface area contributed by atoms with Gasteiger partial charge < -0.3 is 9.64 Å². The van der Waals surface area contributed by atoms with E-state index in [2.05, 4.69) is 6.07 Å². The van der Waals surface area contributed by atoms with Crippen LogP contribution in [0.1, 0.15) is 22.3 Å². The molecule has 4 heteroatoms. The minimum Gasteiger partial charge on any atom is -0.496 e. The third-order valence-corrected chi connectivity index (χ3v) is 3.67. The first-order valence-electron chi connectivity index (χ1n) is 7.60. The van der Waals surface area contributed by atoms with Gasteiger partial charge in [-0.2, -0.15) is 5.26 Å². The lowest BCUT2D eigenvalue weighted by molar-refractivity contribution is -0.125. The third-order valence-electron chi connectivity index (χ3n) is 3.67. The number of benzene rings is 2. The molecule has 0 saturated heterocycles. The quantitative estimate of drug-likeness (QED) is 0.792. The normalized spacial score (nSPS) is 10.4. The molecule has 0 radical (unpaired) electrons. The van der Waals surface area contributed by atoms with Gasteiger partial charge >= 0.3 is 0 Å². The van der Waals surface area contributed by atoms with Crippen molar-refractivity contribution in [3.8, 4) is 11.8 Å². The molecule has 24 heavy (non-hydrogen) atoms. The summed E-state index contributed by atoms with van der Waals surface area (Å²) in [6.07, 6.45) is 3.31. The molecule has 0 spiro atoms. The van der Waals surface area contributed by atoms with Crippen LogP contribution in [-0.4, -0.2) is 25.0 Å². The predicted molar refractivity (Wildman–Crippen MR) is 94.4 cm³/mol. The molecule has 0 aliphatic rings. The Kier molecular flexibility index (Phi) is 5.75. The van der Waals surface area contributed by atoms with Crippen molar-refractivity contribution < 1.29 is 9.53 Å². The van der Waals surface area contributed by atoms with Gasteiger partial charge in [-0.15, -0.1) is 0 Å². The highest BCUT2D eigenvalue weighted by Crippen LogP contribution is 2.21. The molecule has 0 aliphatic heterocycles. The lowest BCUT2D eigenvalue weighted by Crippen LogP contribution is -2.24. The molecule has 0 aromatic heterocycles. The molecular formula is C20H20N2O2. The third kappa shape index (κ3) is 4.47. The van der Waals surface area contributed by atoms with Gasteiger partial charge in [-0.05, 0) is 42.8 Å². The molecule has 0 saturated carbocycles. The lowest BCUT2D eigenvalue weighted by atomic mass is 10.1. The van der Waals surface area contributed by atoms with E-state index in [9.17, 15) is 4.79 Å². The van der Waals surface area contributed by atoms with E-state index in [0.717, 1.165) is 22.4 Å². The summed E-state index contributed by atoms with van der Waals surface area (Å²) in [5.41, 5.74) is 3.57. The Hall–Kier alpha value is -3.06. The van der Waals surface area contributed by atoms with E-state index in [4.69, 9.17) is 10.00 Å². The van der Waals surface area contributed by atoms with Gasteiger partial charge in [-0.1, -0.05) is 23.8 Å². The van der Waals surface area contributed by atoms with Crippen LogP contribution in [0.4, 0.5) is 0 Å². The van der Waals surface area contributed by atoms with Gasteiger partial charge in [-0.3, -0.25) is 4.79 Å². The zero-order chi connectivity index (χ0) is 17.5. The number of likely N-dealkylation sites (N-methyl/N-ethyl adjacent to an activating group) is 1. The highest BCUT2D eigenvalue weighted by Gasteiger charge is 2.07. The smallest absolute Gasteiger partial charge is 0.246 e. The summed E-state index contributed by atoms with van der Waals surface area (Å²) >= 11 is 0. The zero-order valence-corrected chi connectivity index (χ0v) is 14.1. The molecule has 0 atom stereocenters. The lowest BCUT2D eigenvalue weighted by Gasteiger charge is -2.15. The van der Waals surface area contributed by atoms with E-state index in [0.29, 0.717) is 12.1 Å². The molecule has 4 nitrogen and oxygen atoms in total. The first-order chi connectivity index (χ1) is 11.5. The summed E-state index contributed by atoms with van der Waals surface area (Å²) < 4.78 is 5.31. The van der Waals surface area contributed by atoms with Crippen LogP contribution in [0.3, 0.4) is 0 Å². The van der Waals surface area contributed by atoms with Crippen LogP contribution >= 0.6 is 0 Å². The van der Waals surface area contributed by atoms with Crippen molar-refractivity contribution in [2.45, 2.75) is 13.5 Å². The summed E-state index contributed by atoms with van der Waals surface area (Å²) in [5.74, 6) is 0.641. The summed E-state index contributed by atoms with van der Waals surface area (Å²) in [5, 5.41) is 8.81. The number of amides is 1. The second-order valence-electron chi connectivity index (χ2n) is 5.58. The second-order valence-corrected chi connectivity index (χ2v) is 5.58. The average Bonchev–Trinajstić information content (AvgIpc) is 2.60. The number of nitrogens with zero attached hydrogens (tertiary/aromatic N) is 2. The van der Waals surface area contributed by atoms with Crippen molar-refractivity contribution >= 4 is 12.0 Å². The average molecular weight is 320 g/mol. The second kappa shape index (κ2) is 7.98. The van der Waals surface area contributed by atoms with Crippen LogP contribution in [0, 0.1) is 18.3 Å². The monoisotopic (exact) mass is 320 g/mol. The number of hydrogen-bond donors (Lipinski definition) is 0. The van der Waals surface area contributed by atoms with E-state index in [1.54, 1.807) is 43.3 Å². The maximum atomic E-state index is 12.3. The number of ether oxygens (including phenoxy) is 1. The number of hydrogen-bond acceptors (Lipinski definition) is 3. The van der Waals surface area contributed by atoms with E-state index < -0.39 is 0 Å². The standard InChI is InChI=1S/C20H20N2O2/c1-15-4-10-19(24-3)18(12-15)9-11-20(23)22(2)14-17-7-5-16(13-21)6-8-17/h4-12H,14H2,1-3H3/b11-9+. The van der Waals surface area contributed by atoms with E-state index >= 15 is 0 Å². The van der Waals surface area contributed by atoms with Crippen molar-refractivity contribution in [2.75, 3.05) is 14.2 Å². The van der Waals surface area contributed by atoms with Gasteiger partial charge in [0.05, 0.1) is 18.7 Å². The topological polar surface area (TPSA) is 53.3 Å². The number of rotatable bonds is 5. The molecule has 0 aliphatic carbocycles. The summed E-state index contributed by atoms with van der Waals surface area (Å²) in [7, 11) is 3.36. The summed E-state index contributed by atoms with van der Waals surface area (Å²) in [6, 6.07) is 15.1. The van der Waals surface area contributed by atoms with Crippen LogP contribution in [0.25, 0.3) is 6.08 Å². The Balaban J connectivity index is 2.05. The van der Waals surface area contributed by atoms with E-state index in [-0.39, 0.29) is 5.91 Å². The highest BCUT2D eigenvalue weighted by atomic mass is 16.5. The Morgan fingerprint density at radius 3 is 2.58 bits per heavy atom. The predicted octanol–water partition coefficient (Wildman–Crippen LogP) is 3.55. The van der Waals surface area contributed by atoms with Crippen LogP contribution in [0.5, 0.6) is 5.75 Å². The van der Waals surface area contributed by atoms with Crippen molar-refractivity contribution in [3.05, 3.63) is 70.8 Å². The number of carbonyl (C=O) groups excluding carboxylic acids is 1. The molecule has 1 amide bonds. The van der Waals surface area contributed by atoms with Gasteiger partial charge in [0.1, 0.15) is 5.75 Å². The molecule has 0 N–H and O–H groups in total. The Morgan fingerprint density at radius 1 is 1.25 bits per heavy atom. The van der Waals surface area contributed by atoms with E-state index in [1.165, 1.54) is 0 Å². The van der Waals surface area contributed by atoms with Crippen molar-refractivity contribution in [3.63, 3.8) is 0 Å². The number of carbonyl (C=O) groups is 1. The molecule has 0 heterocycles. The van der Waals surface area contributed by atoms with Crippen molar-refractivity contribution in [1.82, 2.24) is 4.90 Å². The van der Waals surface area contributed by atoms with Gasteiger partial charge in [-0.25, -0.2) is 0 Å². The minimum absolute atomic E-state index is 0.0945. The fraction of sp³-hybridized carbons (Fsp3) is 0.200. The first-order valence-corrected chi connectivity index (χ1v) is 7.60. The van der Waals surface area contributed by atoms with Gasteiger partial charge in [0.25, 0.3) is 0 Å². The molecule has 2 rings (SSSR count). The minimum atomic E-state index is -0.0945. The van der Waals surface area contributed by atoms with Crippen molar-refractivity contribution in [2.24, 2.45) is 0 Å². The Morgan fingerprint density at radius 2 is 1.96 bits per heavy atom. The fourth-order valence-electron chi connectivity index (χ4n) is 2.31.